The van der Waals surface area contributed by atoms with Gasteiger partial charge in [0.25, 0.3) is 5.91 Å². The summed E-state index contributed by atoms with van der Waals surface area (Å²) in [7, 11) is 1.65. The van der Waals surface area contributed by atoms with E-state index in [1.807, 2.05) is 24.3 Å². The second-order valence-corrected chi connectivity index (χ2v) is 7.48. The maximum absolute atomic E-state index is 12.7. The first-order valence-corrected chi connectivity index (χ1v) is 9.01. The topological polar surface area (TPSA) is 58.6 Å². The van der Waals surface area contributed by atoms with Gasteiger partial charge in [-0.2, -0.15) is 0 Å². The zero-order valence-electron chi connectivity index (χ0n) is 15.3. The van der Waals surface area contributed by atoms with Crippen LogP contribution in [0.2, 0.25) is 0 Å². The Hall–Kier alpha value is -1.55. The molecule has 0 spiro atoms. The Morgan fingerprint density at radius 1 is 1.38 bits per heavy atom. The van der Waals surface area contributed by atoms with E-state index in [4.69, 9.17) is 4.74 Å². The summed E-state index contributed by atoms with van der Waals surface area (Å²) in [5.41, 5.74) is -0.184. The van der Waals surface area contributed by atoms with E-state index in [-0.39, 0.29) is 11.8 Å². The average Bonchev–Trinajstić information content (AvgIpc) is 2.54. The summed E-state index contributed by atoms with van der Waals surface area (Å²) in [6.45, 7) is 6.80. The lowest BCUT2D eigenvalue weighted by Gasteiger charge is -2.43. The fourth-order valence-electron chi connectivity index (χ4n) is 4.01. The molecule has 0 radical (unpaired) electrons. The highest BCUT2D eigenvalue weighted by Gasteiger charge is 2.48. The van der Waals surface area contributed by atoms with Crippen LogP contribution in [0.1, 0.15) is 45.6 Å². The van der Waals surface area contributed by atoms with Gasteiger partial charge in [0.2, 0.25) is 0 Å². The van der Waals surface area contributed by atoms with Gasteiger partial charge in [0.15, 0.2) is 0 Å². The smallest absolute Gasteiger partial charge is 0.252 e. The van der Waals surface area contributed by atoms with Crippen molar-refractivity contribution in [3.63, 3.8) is 0 Å². The summed E-state index contributed by atoms with van der Waals surface area (Å²) >= 11 is 0. The van der Waals surface area contributed by atoms with E-state index >= 15 is 0 Å². The van der Waals surface area contributed by atoms with Crippen LogP contribution < -0.4 is 10.1 Å². The second kappa shape index (κ2) is 8.02. The molecule has 4 nitrogen and oxygen atoms in total. The van der Waals surface area contributed by atoms with Crippen molar-refractivity contribution in [2.75, 3.05) is 13.7 Å². The van der Waals surface area contributed by atoms with Crippen molar-refractivity contribution in [2.45, 2.75) is 52.1 Å². The molecule has 1 aliphatic carbocycles. The van der Waals surface area contributed by atoms with Crippen LogP contribution in [0.4, 0.5) is 0 Å². The number of hydrogen-bond donors (Lipinski definition) is 2. The average molecular weight is 333 g/mol. The highest BCUT2D eigenvalue weighted by Crippen LogP contribution is 2.41. The molecule has 1 aromatic rings. The van der Waals surface area contributed by atoms with E-state index < -0.39 is 5.60 Å². The molecule has 134 valence electrons. The Bertz CT molecular complexity index is 558. The standard InChI is InChI=1S/C20H31NO3/c1-14(2)17-10-9-15(3)13-20(17,23)19(22)21-12-11-16-7-5-6-8-18(16)24-4/h5-8,14-15,17,23H,9-13H2,1-4H3,(H,21,22). The van der Waals surface area contributed by atoms with Crippen LogP contribution in [0.25, 0.3) is 0 Å². The fourth-order valence-corrected chi connectivity index (χ4v) is 4.01. The highest BCUT2D eigenvalue weighted by atomic mass is 16.5. The summed E-state index contributed by atoms with van der Waals surface area (Å²) in [4.78, 5) is 12.7. The van der Waals surface area contributed by atoms with Gasteiger partial charge in [-0.15, -0.1) is 0 Å². The number of carbonyl (C=O) groups is 1. The summed E-state index contributed by atoms with van der Waals surface area (Å²) in [6, 6.07) is 7.81. The predicted octanol–water partition coefficient (Wildman–Crippen LogP) is 3.18. The monoisotopic (exact) mass is 333 g/mol. The Morgan fingerprint density at radius 3 is 2.75 bits per heavy atom. The van der Waals surface area contributed by atoms with Crippen LogP contribution in [0.5, 0.6) is 5.75 Å². The summed E-state index contributed by atoms with van der Waals surface area (Å²) < 4.78 is 5.34. The van der Waals surface area contributed by atoms with Crippen LogP contribution in [0.15, 0.2) is 24.3 Å². The lowest BCUT2D eigenvalue weighted by Crippen LogP contribution is -2.56. The molecular formula is C20H31NO3. The lowest BCUT2D eigenvalue weighted by atomic mass is 9.66. The maximum atomic E-state index is 12.7. The van der Waals surface area contributed by atoms with Crippen molar-refractivity contribution in [1.82, 2.24) is 5.32 Å². The van der Waals surface area contributed by atoms with E-state index in [9.17, 15) is 9.90 Å². The van der Waals surface area contributed by atoms with Crippen molar-refractivity contribution < 1.29 is 14.6 Å². The van der Waals surface area contributed by atoms with Gasteiger partial charge in [-0.1, -0.05) is 45.4 Å². The van der Waals surface area contributed by atoms with Crippen molar-refractivity contribution in [1.29, 1.82) is 0 Å². The quantitative estimate of drug-likeness (QED) is 0.840. The van der Waals surface area contributed by atoms with Gasteiger partial charge in [0, 0.05) is 6.54 Å². The second-order valence-electron chi connectivity index (χ2n) is 7.48. The van der Waals surface area contributed by atoms with Gasteiger partial charge >= 0.3 is 0 Å². The van der Waals surface area contributed by atoms with E-state index in [0.29, 0.717) is 31.2 Å². The number of methoxy groups -OCH3 is 1. The van der Waals surface area contributed by atoms with Gasteiger partial charge in [-0.3, -0.25) is 4.79 Å². The Kier molecular flexibility index (Phi) is 6.27. The third-order valence-electron chi connectivity index (χ3n) is 5.31. The van der Waals surface area contributed by atoms with Gasteiger partial charge < -0.3 is 15.2 Å². The lowest BCUT2D eigenvalue weighted by molar-refractivity contribution is -0.155. The minimum absolute atomic E-state index is 0.0277. The zero-order valence-corrected chi connectivity index (χ0v) is 15.3. The minimum Gasteiger partial charge on any atom is -0.496 e. The number of benzene rings is 1. The number of para-hydroxylation sites is 1. The first-order chi connectivity index (χ1) is 11.4. The normalized spacial score (nSPS) is 27.1. The number of hydrogen-bond acceptors (Lipinski definition) is 3. The van der Waals surface area contributed by atoms with Crippen molar-refractivity contribution in [2.24, 2.45) is 17.8 Å². The molecule has 24 heavy (non-hydrogen) atoms. The molecule has 1 fully saturated rings. The molecule has 2 N–H and O–H groups in total. The summed E-state index contributed by atoms with van der Waals surface area (Å²) in [5.74, 6) is 1.31. The molecule has 0 bridgehead atoms. The molecule has 0 aliphatic heterocycles. The molecule has 0 aromatic heterocycles. The molecule has 1 saturated carbocycles. The van der Waals surface area contributed by atoms with Gasteiger partial charge in [-0.25, -0.2) is 0 Å². The number of rotatable bonds is 6. The van der Waals surface area contributed by atoms with Crippen LogP contribution in [-0.2, 0) is 11.2 Å². The Morgan fingerprint density at radius 2 is 2.08 bits per heavy atom. The summed E-state index contributed by atoms with van der Waals surface area (Å²) in [6.07, 6.45) is 3.24. The van der Waals surface area contributed by atoms with Crippen molar-refractivity contribution in [3.8, 4) is 5.75 Å². The molecule has 0 saturated heterocycles. The molecule has 2 rings (SSSR count). The van der Waals surface area contributed by atoms with Gasteiger partial charge in [0.05, 0.1) is 7.11 Å². The number of carbonyl (C=O) groups excluding carboxylic acids is 1. The largest absolute Gasteiger partial charge is 0.496 e. The predicted molar refractivity (Wildman–Crippen MR) is 96.0 cm³/mol. The van der Waals surface area contributed by atoms with E-state index in [1.54, 1.807) is 7.11 Å². The van der Waals surface area contributed by atoms with E-state index in [1.165, 1.54) is 0 Å². The molecule has 3 unspecified atom stereocenters. The number of aliphatic hydroxyl groups is 1. The van der Waals surface area contributed by atoms with Crippen molar-refractivity contribution >= 4 is 5.91 Å². The SMILES string of the molecule is COc1ccccc1CCNC(=O)C1(O)CC(C)CCC1C(C)C. The zero-order chi connectivity index (χ0) is 17.7. The molecule has 1 aromatic carbocycles. The molecule has 0 heterocycles. The third kappa shape index (κ3) is 4.10. The van der Waals surface area contributed by atoms with E-state index in [0.717, 1.165) is 24.2 Å². The fraction of sp³-hybridized carbons (Fsp3) is 0.650. The highest BCUT2D eigenvalue weighted by molar-refractivity contribution is 5.85. The first kappa shape index (κ1) is 18.8. The molecule has 1 amide bonds. The summed E-state index contributed by atoms with van der Waals surface area (Å²) in [5, 5.41) is 14.1. The number of nitrogens with one attached hydrogen (secondary N) is 1. The maximum Gasteiger partial charge on any atom is 0.252 e. The van der Waals surface area contributed by atoms with Crippen LogP contribution in [0.3, 0.4) is 0 Å². The van der Waals surface area contributed by atoms with Gasteiger partial charge in [0.1, 0.15) is 11.4 Å². The van der Waals surface area contributed by atoms with Crippen LogP contribution >= 0.6 is 0 Å². The van der Waals surface area contributed by atoms with Crippen LogP contribution in [-0.4, -0.2) is 30.3 Å². The Balaban J connectivity index is 1.99. The van der Waals surface area contributed by atoms with E-state index in [2.05, 4.69) is 26.1 Å². The number of ether oxygens (including phenoxy) is 1. The van der Waals surface area contributed by atoms with Gasteiger partial charge in [-0.05, 0) is 48.6 Å². The van der Waals surface area contributed by atoms with Crippen molar-refractivity contribution in [3.05, 3.63) is 29.8 Å². The first-order valence-electron chi connectivity index (χ1n) is 9.01. The molecular weight excluding hydrogens is 302 g/mol. The van der Waals surface area contributed by atoms with Crippen LogP contribution in [0, 0.1) is 17.8 Å². The third-order valence-corrected chi connectivity index (χ3v) is 5.31. The molecule has 4 heteroatoms. The molecule has 3 atom stereocenters. The Labute approximate surface area is 145 Å². The number of amides is 1. The molecule has 1 aliphatic rings. The minimum atomic E-state index is -1.24.